The highest BCUT2D eigenvalue weighted by molar-refractivity contribution is 5.92. The Balaban J connectivity index is 1.12. The lowest BCUT2D eigenvalue weighted by Gasteiger charge is -2.36. The van der Waals surface area contributed by atoms with Crippen LogP contribution in [-0.4, -0.2) is 67.4 Å². The molecule has 2 fully saturated rings. The first-order valence-corrected chi connectivity index (χ1v) is 12.5. The first-order valence-electron chi connectivity index (χ1n) is 12.5. The fraction of sp³-hybridized carbons (Fsp3) is 0.393. The van der Waals surface area contributed by atoms with Crippen molar-refractivity contribution in [3.8, 4) is 5.75 Å². The Morgan fingerprint density at radius 3 is 2.31 bits per heavy atom. The molecule has 2 aliphatic heterocycles. The lowest BCUT2D eigenvalue weighted by molar-refractivity contribution is 0.0739. The third-order valence-electron chi connectivity index (χ3n) is 7.16. The number of nitrogens with zero attached hydrogens (tertiary/aromatic N) is 5. The molecular weight excluding hydrogens is 438 g/mol. The van der Waals surface area contributed by atoms with Crippen LogP contribution in [0.4, 0.5) is 11.5 Å². The van der Waals surface area contributed by atoms with Gasteiger partial charge in [-0.15, -0.1) is 10.2 Å². The molecule has 0 N–H and O–H groups in total. The van der Waals surface area contributed by atoms with E-state index in [9.17, 15) is 4.79 Å². The zero-order valence-corrected chi connectivity index (χ0v) is 20.3. The van der Waals surface area contributed by atoms with Crippen molar-refractivity contribution in [3.63, 3.8) is 0 Å². The minimum atomic E-state index is -0.0455. The number of benzene rings is 2. The average molecular weight is 472 g/mol. The van der Waals surface area contributed by atoms with E-state index >= 15 is 0 Å². The minimum absolute atomic E-state index is 0.0455. The Hall–Kier alpha value is -3.61. The van der Waals surface area contributed by atoms with E-state index in [4.69, 9.17) is 4.74 Å². The standard InChI is InChI=1S/C28H33N5O2/c1-35-25-9-5-8-24(21-25)31-16-18-33(19-17-31)28(34)26-10-11-27(30-29-26)32-14-12-23(13-15-32)20-22-6-3-2-4-7-22/h2-11,21,23H,12-20H2,1H3. The van der Waals surface area contributed by atoms with Gasteiger partial charge >= 0.3 is 0 Å². The summed E-state index contributed by atoms with van der Waals surface area (Å²) in [5.74, 6) is 2.37. The molecule has 0 aliphatic carbocycles. The summed E-state index contributed by atoms with van der Waals surface area (Å²) in [5, 5.41) is 8.72. The first kappa shape index (κ1) is 23.1. The monoisotopic (exact) mass is 471 g/mol. The number of rotatable bonds is 6. The van der Waals surface area contributed by atoms with E-state index in [0.717, 1.165) is 62.7 Å². The molecule has 0 saturated carbocycles. The van der Waals surface area contributed by atoms with E-state index in [0.29, 0.717) is 24.7 Å². The maximum absolute atomic E-state index is 13.0. The van der Waals surface area contributed by atoms with Crippen LogP contribution in [0.2, 0.25) is 0 Å². The van der Waals surface area contributed by atoms with Gasteiger partial charge in [0.2, 0.25) is 0 Å². The largest absolute Gasteiger partial charge is 0.497 e. The second kappa shape index (κ2) is 10.8. The smallest absolute Gasteiger partial charge is 0.274 e. The van der Waals surface area contributed by atoms with Gasteiger partial charge in [-0.05, 0) is 55.0 Å². The normalized spacial score (nSPS) is 16.9. The van der Waals surface area contributed by atoms with Crippen molar-refractivity contribution >= 4 is 17.4 Å². The molecule has 1 amide bonds. The molecule has 3 heterocycles. The van der Waals surface area contributed by atoms with Crippen molar-refractivity contribution in [2.24, 2.45) is 5.92 Å². The van der Waals surface area contributed by atoms with Crippen molar-refractivity contribution in [3.05, 3.63) is 78.0 Å². The second-order valence-corrected chi connectivity index (χ2v) is 9.38. The quantitative estimate of drug-likeness (QED) is 0.543. The zero-order chi connectivity index (χ0) is 24.0. The molecule has 0 bridgehead atoms. The van der Waals surface area contributed by atoms with Gasteiger partial charge in [0.1, 0.15) is 5.75 Å². The van der Waals surface area contributed by atoms with Crippen LogP contribution in [0.15, 0.2) is 66.7 Å². The van der Waals surface area contributed by atoms with E-state index in [2.05, 4.69) is 56.4 Å². The number of hydrogen-bond acceptors (Lipinski definition) is 6. The van der Waals surface area contributed by atoms with Gasteiger partial charge in [0.25, 0.3) is 5.91 Å². The Labute approximate surface area is 207 Å². The van der Waals surface area contributed by atoms with Gasteiger partial charge in [-0.3, -0.25) is 4.79 Å². The molecule has 0 radical (unpaired) electrons. The van der Waals surface area contributed by atoms with Crippen LogP contribution in [0.3, 0.4) is 0 Å². The van der Waals surface area contributed by atoms with Crippen LogP contribution >= 0.6 is 0 Å². The van der Waals surface area contributed by atoms with Gasteiger partial charge in [0.05, 0.1) is 7.11 Å². The second-order valence-electron chi connectivity index (χ2n) is 9.38. The molecule has 3 aromatic rings. The summed E-state index contributed by atoms with van der Waals surface area (Å²) in [5.41, 5.74) is 2.95. The van der Waals surface area contributed by atoms with Gasteiger partial charge in [-0.1, -0.05) is 36.4 Å². The Kier molecular flexibility index (Phi) is 7.12. The molecule has 0 unspecified atom stereocenters. The Morgan fingerprint density at radius 2 is 1.63 bits per heavy atom. The molecule has 182 valence electrons. The van der Waals surface area contributed by atoms with Crippen LogP contribution in [0.1, 0.15) is 28.9 Å². The van der Waals surface area contributed by atoms with Crippen LogP contribution in [0.25, 0.3) is 0 Å². The van der Waals surface area contributed by atoms with Crippen molar-refractivity contribution in [1.29, 1.82) is 0 Å². The highest BCUT2D eigenvalue weighted by Crippen LogP contribution is 2.25. The van der Waals surface area contributed by atoms with Crippen LogP contribution in [0, 0.1) is 5.92 Å². The summed E-state index contributed by atoms with van der Waals surface area (Å²) in [4.78, 5) is 19.5. The van der Waals surface area contributed by atoms with Crippen LogP contribution < -0.4 is 14.5 Å². The maximum Gasteiger partial charge on any atom is 0.274 e. The van der Waals surface area contributed by atoms with Gasteiger partial charge in [0.15, 0.2) is 11.5 Å². The fourth-order valence-corrected chi connectivity index (χ4v) is 5.06. The number of ether oxygens (including phenoxy) is 1. The highest BCUT2D eigenvalue weighted by atomic mass is 16.5. The number of anilines is 2. The molecule has 5 rings (SSSR count). The summed E-state index contributed by atoms with van der Waals surface area (Å²) in [6.07, 6.45) is 3.43. The number of methoxy groups -OCH3 is 1. The van der Waals surface area contributed by atoms with Gasteiger partial charge in [-0.25, -0.2) is 0 Å². The predicted octanol–water partition coefficient (Wildman–Crippen LogP) is 3.91. The summed E-state index contributed by atoms with van der Waals surface area (Å²) in [6.45, 7) is 4.84. The lowest BCUT2D eigenvalue weighted by Crippen LogP contribution is -2.49. The molecule has 2 aliphatic rings. The third-order valence-corrected chi connectivity index (χ3v) is 7.16. The SMILES string of the molecule is COc1cccc(N2CCN(C(=O)c3ccc(N4CCC(Cc5ccccc5)CC4)nn3)CC2)c1. The predicted molar refractivity (Wildman–Crippen MR) is 138 cm³/mol. The number of amides is 1. The lowest BCUT2D eigenvalue weighted by atomic mass is 9.90. The number of piperazine rings is 1. The van der Waals surface area contributed by atoms with Crippen LogP contribution in [0.5, 0.6) is 5.75 Å². The summed E-state index contributed by atoms with van der Waals surface area (Å²) >= 11 is 0. The van der Waals surface area contributed by atoms with Crippen LogP contribution in [-0.2, 0) is 6.42 Å². The van der Waals surface area contributed by atoms with Crippen molar-refractivity contribution in [2.45, 2.75) is 19.3 Å². The van der Waals surface area contributed by atoms with E-state index in [1.54, 1.807) is 7.11 Å². The fourth-order valence-electron chi connectivity index (χ4n) is 5.06. The number of piperidine rings is 1. The molecule has 0 atom stereocenters. The molecule has 1 aromatic heterocycles. The Bertz CT molecular complexity index is 1110. The molecule has 2 saturated heterocycles. The average Bonchev–Trinajstić information content (AvgIpc) is 2.94. The molecule has 35 heavy (non-hydrogen) atoms. The summed E-state index contributed by atoms with van der Waals surface area (Å²) in [6, 6.07) is 22.6. The molecular formula is C28H33N5O2. The molecule has 7 nitrogen and oxygen atoms in total. The zero-order valence-electron chi connectivity index (χ0n) is 20.3. The van der Waals surface area contributed by atoms with Gasteiger partial charge < -0.3 is 19.4 Å². The molecule has 2 aromatic carbocycles. The number of carbonyl (C=O) groups excluding carboxylic acids is 1. The minimum Gasteiger partial charge on any atom is -0.497 e. The molecule has 0 spiro atoms. The first-order chi connectivity index (χ1) is 17.2. The Morgan fingerprint density at radius 1 is 0.857 bits per heavy atom. The topological polar surface area (TPSA) is 61.8 Å². The van der Waals surface area contributed by atoms with Gasteiger partial charge in [0, 0.05) is 51.0 Å². The number of carbonyl (C=O) groups is 1. The van der Waals surface area contributed by atoms with Crippen molar-refractivity contribution in [1.82, 2.24) is 15.1 Å². The van der Waals surface area contributed by atoms with Gasteiger partial charge in [-0.2, -0.15) is 0 Å². The van der Waals surface area contributed by atoms with Crippen molar-refractivity contribution in [2.75, 3.05) is 56.2 Å². The van der Waals surface area contributed by atoms with E-state index in [1.165, 1.54) is 5.56 Å². The highest BCUT2D eigenvalue weighted by Gasteiger charge is 2.25. The van der Waals surface area contributed by atoms with E-state index < -0.39 is 0 Å². The van der Waals surface area contributed by atoms with E-state index in [1.807, 2.05) is 35.2 Å². The molecule has 7 heteroatoms. The van der Waals surface area contributed by atoms with E-state index in [-0.39, 0.29) is 5.91 Å². The summed E-state index contributed by atoms with van der Waals surface area (Å²) < 4.78 is 5.34. The van der Waals surface area contributed by atoms with Crippen molar-refractivity contribution < 1.29 is 9.53 Å². The number of hydrogen-bond donors (Lipinski definition) is 0. The maximum atomic E-state index is 13.0. The number of aromatic nitrogens is 2. The summed E-state index contributed by atoms with van der Waals surface area (Å²) in [7, 11) is 1.68. The third kappa shape index (κ3) is 5.56.